The Balaban J connectivity index is 2.48. The summed E-state index contributed by atoms with van der Waals surface area (Å²) in [5, 5.41) is 0. The van der Waals surface area contributed by atoms with Crippen LogP contribution < -0.4 is 0 Å². The van der Waals surface area contributed by atoms with E-state index < -0.39 is 18.8 Å². The Kier molecular flexibility index (Phi) is 4.02. The van der Waals surface area contributed by atoms with Crippen molar-refractivity contribution >= 4 is 5.70 Å². The van der Waals surface area contributed by atoms with E-state index in [1.807, 2.05) is 0 Å². The summed E-state index contributed by atoms with van der Waals surface area (Å²) in [5.74, 6) is -0.420. The normalized spacial score (nSPS) is 15.5. The lowest BCUT2D eigenvalue weighted by atomic mass is 10.0. The van der Waals surface area contributed by atoms with Crippen molar-refractivity contribution in [1.82, 2.24) is 4.90 Å². The highest BCUT2D eigenvalue weighted by Gasteiger charge is 2.24. The molecule has 0 saturated heterocycles. The van der Waals surface area contributed by atoms with E-state index in [2.05, 4.69) is 6.58 Å². The van der Waals surface area contributed by atoms with Gasteiger partial charge in [0.05, 0.1) is 12.2 Å². The molecule has 4 heteroatoms. The molecule has 0 aromatic heterocycles. The van der Waals surface area contributed by atoms with Crippen LogP contribution in [0.25, 0.3) is 5.70 Å². The van der Waals surface area contributed by atoms with E-state index in [-0.39, 0.29) is 0 Å². The zero-order chi connectivity index (χ0) is 14.9. The van der Waals surface area contributed by atoms with Gasteiger partial charge in [-0.1, -0.05) is 18.7 Å². The molecule has 0 unspecified atom stereocenters. The molecule has 0 spiro atoms. The van der Waals surface area contributed by atoms with Crippen molar-refractivity contribution in [2.24, 2.45) is 0 Å². The van der Waals surface area contributed by atoms with E-state index in [0.717, 1.165) is 11.1 Å². The van der Waals surface area contributed by atoms with Crippen molar-refractivity contribution in [3.63, 3.8) is 0 Å². The van der Waals surface area contributed by atoms with Gasteiger partial charge in [0.25, 0.3) is 6.43 Å². The minimum absolute atomic E-state index is 0.307. The molecule has 1 aromatic carbocycles. The van der Waals surface area contributed by atoms with Crippen molar-refractivity contribution in [1.29, 1.82) is 0 Å². The van der Waals surface area contributed by atoms with E-state index in [4.69, 9.17) is 0 Å². The maximum atomic E-state index is 14.1. The lowest BCUT2D eigenvalue weighted by Gasteiger charge is -2.32. The van der Waals surface area contributed by atoms with Crippen LogP contribution >= 0.6 is 0 Å². The molecule has 0 atom stereocenters. The van der Waals surface area contributed by atoms with E-state index >= 15 is 0 Å². The van der Waals surface area contributed by atoms with Gasteiger partial charge in [-0.05, 0) is 43.2 Å². The molecule has 0 aliphatic carbocycles. The molecule has 1 nitrogen and oxygen atoms in total. The van der Waals surface area contributed by atoms with Gasteiger partial charge < -0.3 is 4.90 Å². The first-order valence-corrected chi connectivity index (χ1v) is 6.30. The molecular weight excluding hydrogens is 263 g/mol. The van der Waals surface area contributed by atoms with Crippen LogP contribution in [-0.4, -0.2) is 17.9 Å². The van der Waals surface area contributed by atoms with Gasteiger partial charge in [0, 0.05) is 11.3 Å². The van der Waals surface area contributed by atoms with Crippen LogP contribution in [-0.2, 0) is 0 Å². The van der Waals surface area contributed by atoms with Gasteiger partial charge in [-0.2, -0.15) is 0 Å². The first-order chi connectivity index (χ1) is 9.40. The van der Waals surface area contributed by atoms with E-state index in [0.29, 0.717) is 17.0 Å². The highest BCUT2D eigenvalue weighted by atomic mass is 19.3. The smallest absolute Gasteiger partial charge is 0.256 e. The Hall–Kier alpha value is -1.97. The Morgan fingerprint density at radius 3 is 2.50 bits per heavy atom. The maximum Gasteiger partial charge on any atom is 0.256 e. The van der Waals surface area contributed by atoms with Crippen LogP contribution in [0, 0.1) is 12.7 Å². The summed E-state index contributed by atoms with van der Waals surface area (Å²) < 4.78 is 39.6. The summed E-state index contributed by atoms with van der Waals surface area (Å²) in [6.45, 7) is 6.89. The van der Waals surface area contributed by atoms with Crippen molar-refractivity contribution in [2.45, 2.75) is 20.3 Å². The molecule has 0 amide bonds. The molecule has 2 rings (SSSR count). The van der Waals surface area contributed by atoms with Gasteiger partial charge in [0.15, 0.2) is 0 Å². The summed E-state index contributed by atoms with van der Waals surface area (Å²) in [7, 11) is 0. The average molecular weight is 279 g/mol. The predicted octanol–water partition coefficient (Wildman–Crippen LogP) is 4.52. The number of rotatable bonds is 3. The zero-order valence-corrected chi connectivity index (χ0v) is 11.5. The fourth-order valence-electron chi connectivity index (χ4n) is 2.16. The van der Waals surface area contributed by atoms with Crippen molar-refractivity contribution in [3.8, 4) is 0 Å². The lowest BCUT2D eigenvalue weighted by molar-refractivity contribution is 0.123. The van der Waals surface area contributed by atoms with Crippen LogP contribution in [0.3, 0.4) is 0 Å². The molecule has 1 aliphatic rings. The Bertz CT molecular complexity index is 600. The molecule has 1 aliphatic heterocycles. The summed E-state index contributed by atoms with van der Waals surface area (Å²) in [6.07, 6.45) is 0.897. The standard InChI is InChI=1S/C16H16F3N/c1-10-4-6-13(14(17)8-10)15-7-5-11(2)12(3)20(15)9-16(18)19/h4-8,16H,3,9H2,1-2H3. The number of nitrogens with zero attached hydrogens (tertiary/aromatic N) is 1. The largest absolute Gasteiger partial charge is 0.335 e. The van der Waals surface area contributed by atoms with Gasteiger partial charge in [0.2, 0.25) is 0 Å². The topological polar surface area (TPSA) is 3.24 Å². The van der Waals surface area contributed by atoms with E-state index in [1.54, 1.807) is 38.1 Å². The Morgan fingerprint density at radius 2 is 1.90 bits per heavy atom. The van der Waals surface area contributed by atoms with Crippen molar-refractivity contribution in [2.75, 3.05) is 6.54 Å². The zero-order valence-electron chi connectivity index (χ0n) is 11.5. The molecule has 0 saturated carbocycles. The molecular formula is C16H16F3N. The third kappa shape index (κ3) is 2.79. The quantitative estimate of drug-likeness (QED) is 0.786. The molecule has 0 fully saturated rings. The number of allylic oxidation sites excluding steroid dienone is 3. The van der Waals surface area contributed by atoms with Crippen LogP contribution in [0.4, 0.5) is 13.2 Å². The minimum atomic E-state index is -2.52. The second-order valence-electron chi connectivity index (χ2n) is 4.83. The second-order valence-corrected chi connectivity index (χ2v) is 4.83. The Labute approximate surface area is 116 Å². The SMILES string of the molecule is C=C1C(C)=CC=C(c2ccc(C)cc2F)N1CC(F)F. The molecule has 1 heterocycles. The number of hydrogen-bond acceptors (Lipinski definition) is 1. The van der Waals surface area contributed by atoms with Gasteiger partial charge in [-0.25, -0.2) is 13.2 Å². The molecule has 0 bridgehead atoms. The van der Waals surface area contributed by atoms with Crippen molar-refractivity contribution < 1.29 is 13.2 Å². The molecule has 0 N–H and O–H groups in total. The van der Waals surface area contributed by atoms with E-state index in [1.165, 1.54) is 11.0 Å². The molecule has 106 valence electrons. The van der Waals surface area contributed by atoms with Crippen LogP contribution in [0.2, 0.25) is 0 Å². The maximum absolute atomic E-state index is 14.1. The number of benzene rings is 1. The third-order valence-electron chi connectivity index (χ3n) is 3.28. The summed E-state index contributed by atoms with van der Waals surface area (Å²) in [6, 6.07) is 4.76. The van der Waals surface area contributed by atoms with Gasteiger partial charge in [0.1, 0.15) is 5.82 Å². The van der Waals surface area contributed by atoms with Gasteiger partial charge >= 0.3 is 0 Å². The Morgan fingerprint density at radius 1 is 1.20 bits per heavy atom. The summed E-state index contributed by atoms with van der Waals surface area (Å²) in [5.41, 5.74) is 2.78. The number of hydrogen-bond donors (Lipinski definition) is 0. The average Bonchev–Trinajstić information content (AvgIpc) is 2.36. The monoisotopic (exact) mass is 279 g/mol. The van der Waals surface area contributed by atoms with Crippen LogP contribution in [0.15, 0.2) is 48.2 Å². The molecule has 1 aromatic rings. The summed E-state index contributed by atoms with van der Waals surface area (Å²) >= 11 is 0. The highest BCUT2D eigenvalue weighted by molar-refractivity contribution is 5.71. The first-order valence-electron chi connectivity index (χ1n) is 6.30. The third-order valence-corrected chi connectivity index (χ3v) is 3.28. The van der Waals surface area contributed by atoms with E-state index in [9.17, 15) is 13.2 Å². The number of aryl methyl sites for hydroxylation is 1. The van der Waals surface area contributed by atoms with Gasteiger partial charge in [-0.15, -0.1) is 0 Å². The fourth-order valence-corrected chi connectivity index (χ4v) is 2.16. The first kappa shape index (κ1) is 14.4. The predicted molar refractivity (Wildman–Crippen MR) is 74.7 cm³/mol. The van der Waals surface area contributed by atoms with Crippen molar-refractivity contribution in [3.05, 3.63) is 65.1 Å². The van der Waals surface area contributed by atoms with Crippen LogP contribution in [0.5, 0.6) is 0 Å². The van der Waals surface area contributed by atoms with Gasteiger partial charge in [-0.3, -0.25) is 0 Å². The fraction of sp³-hybridized carbons (Fsp3) is 0.250. The highest BCUT2D eigenvalue weighted by Crippen LogP contribution is 2.32. The van der Waals surface area contributed by atoms with Crippen LogP contribution in [0.1, 0.15) is 18.1 Å². The molecule has 0 radical (unpaired) electrons. The second kappa shape index (κ2) is 5.57. The lowest BCUT2D eigenvalue weighted by Crippen LogP contribution is -2.29. The number of halogens is 3. The summed E-state index contributed by atoms with van der Waals surface area (Å²) in [4.78, 5) is 1.37. The molecule has 20 heavy (non-hydrogen) atoms. The minimum Gasteiger partial charge on any atom is -0.335 e. The number of alkyl halides is 2.